The smallest absolute Gasteiger partial charge is 0.149 e. The first-order valence-electron chi connectivity index (χ1n) is 5.03. The first-order valence-corrected chi connectivity index (χ1v) is 6.33. The van der Waals surface area contributed by atoms with E-state index in [0.717, 1.165) is 0 Å². The standard InChI is InChI=1S/C12H13BrClFO/c1-7(2)12(16)10(13)5-8-3-4-9(14)6-11(8)15/h3-4,6-7,10H,5H2,1-2H3. The number of benzene rings is 1. The maximum Gasteiger partial charge on any atom is 0.149 e. The number of halogens is 3. The van der Waals surface area contributed by atoms with Gasteiger partial charge in [0.15, 0.2) is 0 Å². The van der Waals surface area contributed by atoms with Crippen LogP contribution in [0.4, 0.5) is 4.39 Å². The largest absolute Gasteiger partial charge is 0.298 e. The minimum Gasteiger partial charge on any atom is -0.298 e. The molecule has 1 aromatic carbocycles. The van der Waals surface area contributed by atoms with Gasteiger partial charge in [0.2, 0.25) is 0 Å². The SMILES string of the molecule is CC(C)C(=O)C(Br)Cc1ccc(Cl)cc1F. The molecule has 0 amide bonds. The van der Waals surface area contributed by atoms with Gasteiger partial charge in [0.05, 0.1) is 4.83 Å². The van der Waals surface area contributed by atoms with Gasteiger partial charge in [-0.05, 0) is 24.1 Å². The van der Waals surface area contributed by atoms with Crippen molar-refractivity contribution in [2.45, 2.75) is 25.1 Å². The summed E-state index contributed by atoms with van der Waals surface area (Å²) in [5, 5.41) is 0.363. The summed E-state index contributed by atoms with van der Waals surface area (Å²) in [7, 11) is 0. The van der Waals surface area contributed by atoms with Crippen LogP contribution in [-0.2, 0) is 11.2 Å². The third-order valence-electron chi connectivity index (χ3n) is 2.29. The predicted molar refractivity (Wildman–Crippen MR) is 67.7 cm³/mol. The molecule has 88 valence electrons. The predicted octanol–water partition coefficient (Wildman–Crippen LogP) is 4.01. The summed E-state index contributed by atoms with van der Waals surface area (Å²) in [4.78, 5) is 11.3. The molecule has 0 saturated carbocycles. The highest BCUT2D eigenvalue weighted by Crippen LogP contribution is 2.20. The molecule has 16 heavy (non-hydrogen) atoms. The number of carbonyl (C=O) groups is 1. The highest BCUT2D eigenvalue weighted by Gasteiger charge is 2.19. The van der Waals surface area contributed by atoms with E-state index in [0.29, 0.717) is 17.0 Å². The number of carbonyl (C=O) groups excluding carboxylic acids is 1. The molecule has 0 fully saturated rings. The van der Waals surface area contributed by atoms with Crippen LogP contribution in [0.1, 0.15) is 19.4 Å². The van der Waals surface area contributed by atoms with Crippen molar-refractivity contribution in [3.8, 4) is 0 Å². The van der Waals surface area contributed by atoms with E-state index in [1.165, 1.54) is 6.07 Å². The minimum atomic E-state index is -0.367. The van der Waals surface area contributed by atoms with Gasteiger partial charge in [0.1, 0.15) is 11.6 Å². The average molecular weight is 308 g/mol. The Kier molecular flexibility index (Phi) is 4.93. The Bertz CT molecular complexity index is 393. The van der Waals surface area contributed by atoms with Crippen LogP contribution in [0.25, 0.3) is 0 Å². The molecule has 0 aliphatic heterocycles. The Labute approximate surface area is 108 Å². The zero-order valence-corrected chi connectivity index (χ0v) is 11.5. The normalized spacial score (nSPS) is 12.9. The Morgan fingerprint density at radius 2 is 2.12 bits per heavy atom. The number of hydrogen-bond acceptors (Lipinski definition) is 1. The van der Waals surface area contributed by atoms with E-state index < -0.39 is 0 Å². The van der Waals surface area contributed by atoms with Crippen molar-refractivity contribution in [1.82, 2.24) is 0 Å². The van der Waals surface area contributed by atoms with Crippen molar-refractivity contribution in [2.24, 2.45) is 5.92 Å². The summed E-state index contributed by atoms with van der Waals surface area (Å²) in [6, 6.07) is 4.50. The van der Waals surface area contributed by atoms with E-state index in [2.05, 4.69) is 15.9 Å². The molecular weight excluding hydrogens is 294 g/mol. The van der Waals surface area contributed by atoms with Crippen LogP contribution in [0.2, 0.25) is 5.02 Å². The van der Waals surface area contributed by atoms with Crippen LogP contribution in [0.5, 0.6) is 0 Å². The van der Waals surface area contributed by atoms with E-state index in [1.807, 2.05) is 13.8 Å². The topological polar surface area (TPSA) is 17.1 Å². The summed E-state index contributed by atoms with van der Waals surface area (Å²) in [5.74, 6) is -0.345. The molecular formula is C12H13BrClFO. The zero-order chi connectivity index (χ0) is 12.3. The summed E-state index contributed by atoms with van der Waals surface area (Å²) in [5.41, 5.74) is 0.500. The number of Topliss-reactive ketones (excluding diaryl/α,β-unsaturated/α-hetero) is 1. The third kappa shape index (κ3) is 3.56. The molecule has 0 radical (unpaired) electrons. The number of rotatable bonds is 4. The molecule has 0 N–H and O–H groups in total. The number of alkyl halides is 1. The lowest BCUT2D eigenvalue weighted by Crippen LogP contribution is -2.22. The van der Waals surface area contributed by atoms with Gasteiger partial charge >= 0.3 is 0 Å². The Morgan fingerprint density at radius 1 is 1.50 bits per heavy atom. The Balaban J connectivity index is 2.77. The lowest BCUT2D eigenvalue weighted by atomic mass is 10.0. The molecule has 1 rings (SSSR count). The van der Waals surface area contributed by atoms with Crippen molar-refractivity contribution >= 4 is 33.3 Å². The quantitative estimate of drug-likeness (QED) is 0.768. The fourth-order valence-corrected chi connectivity index (χ4v) is 2.38. The van der Waals surface area contributed by atoms with Gasteiger partial charge in [-0.1, -0.05) is 47.4 Å². The second kappa shape index (κ2) is 5.78. The molecule has 0 saturated heterocycles. The molecule has 0 aliphatic carbocycles. The second-order valence-corrected chi connectivity index (χ2v) is 5.51. The summed E-state index contributed by atoms with van der Waals surface area (Å²) < 4.78 is 13.5. The molecule has 0 bridgehead atoms. The van der Waals surface area contributed by atoms with Crippen LogP contribution < -0.4 is 0 Å². The molecule has 1 aromatic rings. The van der Waals surface area contributed by atoms with E-state index in [1.54, 1.807) is 12.1 Å². The average Bonchev–Trinajstić information content (AvgIpc) is 2.20. The first kappa shape index (κ1) is 13.7. The molecule has 4 heteroatoms. The summed E-state index contributed by atoms with van der Waals surface area (Å²) >= 11 is 8.93. The van der Waals surface area contributed by atoms with E-state index in [4.69, 9.17) is 11.6 Å². The molecule has 0 aromatic heterocycles. The Morgan fingerprint density at radius 3 is 2.62 bits per heavy atom. The molecule has 1 nitrogen and oxygen atoms in total. The van der Waals surface area contributed by atoms with Gasteiger partial charge in [-0.3, -0.25) is 4.79 Å². The van der Waals surface area contributed by atoms with Crippen molar-refractivity contribution in [3.63, 3.8) is 0 Å². The van der Waals surface area contributed by atoms with Crippen LogP contribution >= 0.6 is 27.5 Å². The van der Waals surface area contributed by atoms with Crippen molar-refractivity contribution < 1.29 is 9.18 Å². The van der Waals surface area contributed by atoms with E-state index >= 15 is 0 Å². The lowest BCUT2D eigenvalue weighted by Gasteiger charge is -2.12. The minimum absolute atomic E-state index is 0.0558. The Hall–Kier alpha value is -0.410. The summed E-state index contributed by atoms with van der Waals surface area (Å²) in [6.07, 6.45) is 0.347. The lowest BCUT2D eigenvalue weighted by molar-refractivity contribution is -0.121. The van der Waals surface area contributed by atoms with E-state index in [-0.39, 0.29) is 22.3 Å². The second-order valence-electron chi connectivity index (χ2n) is 3.96. The fraction of sp³-hybridized carbons (Fsp3) is 0.417. The number of hydrogen-bond donors (Lipinski definition) is 0. The monoisotopic (exact) mass is 306 g/mol. The van der Waals surface area contributed by atoms with Gasteiger partial charge in [-0.15, -0.1) is 0 Å². The molecule has 1 unspecified atom stereocenters. The molecule has 0 spiro atoms. The van der Waals surface area contributed by atoms with Crippen molar-refractivity contribution in [1.29, 1.82) is 0 Å². The third-order valence-corrected chi connectivity index (χ3v) is 3.30. The van der Waals surface area contributed by atoms with Gasteiger partial charge in [-0.2, -0.15) is 0 Å². The highest BCUT2D eigenvalue weighted by atomic mass is 79.9. The molecule has 1 atom stereocenters. The fourth-order valence-electron chi connectivity index (χ4n) is 1.34. The van der Waals surface area contributed by atoms with Crippen LogP contribution in [0.3, 0.4) is 0 Å². The molecule has 0 aliphatic rings. The number of ketones is 1. The van der Waals surface area contributed by atoms with Crippen molar-refractivity contribution in [2.75, 3.05) is 0 Å². The summed E-state index contributed by atoms with van der Waals surface area (Å²) in [6.45, 7) is 3.66. The van der Waals surface area contributed by atoms with Crippen LogP contribution in [0, 0.1) is 11.7 Å². The highest BCUT2D eigenvalue weighted by molar-refractivity contribution is 9.10. The van der Waals surface area contributed by atoms with E-state index in [9.17, 15) is 9.18 Å². The van der Waals surface area contributed by atoms with Gasteiger partial charge < -0.3 is 0 Å². The van der Waals surface area contributed by atoms with Crippen molar-refractivity contribution in [3.05, 3.63) is 34.6 Å². The zero-order valence-electron chi connectivity index (χ0n) is 9.14. The van der Waals surface area contributed by atoms with Gasteiger partial charge in [0.25, 0.3) is 0 Å². The van der Waals surface area contributed by atoms with Crippen LogP contribution in [-0.4, -0.2) is 10.6 Å². The first-order chi connectivity index (χ1) is 7.41. The van der Waals surface area contributed by atoms with Gasteiger partial charge in [-0.25, -0.2) is 4.39 Å². The van der Waals surface area contributed by atoms with Crippen LogP contribution in [0.15, 0.2) is 18.2 Å². The molecule has 0 heterocycles. The maximum absolute atomic E-state index is 13.5. The van der Waals surface area contributed by atoms with Gasteiger partial charge in [0, 0.05) is 10.9 Å². The maximum atomic E-state index is 13.5.